The number of thiocarbonyl (C=S) groups is 1. The van der Waals surface area contributed by atoms with E-state index in [1.165, 1.54) is 14.2 Å². The van der Waals surface area contributed by atoms with Gasteiger partial charge in [0.1, 0.15) is 11.5 Å². The molecule has 1 amide bonds. The molecular weight excluding hydrogens is 531 g/mol. The Labute approximate surface area is 232 Å². The molecule has 1 saturated heterocycles. The minimum absolute atomic E-state index is 0.156. The summed E-state index contributed by atoms with van der Waals surface area (Å²) in [5, 5.41) is 7.26. The Bertz CT molecular complexity index is 1260. The second-order valence-electron chi connectivity index (χ2n) is 8.53. The first-order valence-electron chi connectivity index (χ1n) is 11.7. The zero-order valence-electron chi connectivity index (χ0n) is 20.6. The first-order chi connectivity index (χ1) is 17.9. The number of amides is 1. The number of carbonyl (C=O) groups is 1. The van der Waals surface area contributed by atoms with Crippen molar-refractivity contribution in [3.05, 3.63) is 81.8 Å². The maximum absolute atomic E-state index is 12.7. The molecular formula is C27H28Cl2N4O3S. The highest BCUT2D eigenvalue weighted by Crippen LogP contribution is 2.30. The first-order valence-corrected chi connectivity index (χ1v) is 12.9. The maximum atomic E-state index is 12.7. The molecule has 0 unspecified atom stereocenters. The summed E-state index contributed by atoms with van der Waals surface area (Å²) in [5.74, 6) is 0.637. The molecule has 1 fully saturated rings. The summed E-state index contributed by atoms with van der Waals surface area (Å²) < 4.78 is 10.4. The fraction of sp³-hybridized carbons (Fsp3) is 0.259. The number of nitrogens with zero attached hydrogens (tertiary/aromatic N) is 2. The summed E-state index contributed by atoms with van der Waals surface area (Å²) in [7, 11) is 3.05. The molecule has 194 valence electrons. The van der Waals surface area contributed by atoms with Gasteiger partial charge in [-0.15, -0.1) is 0 Å². The third kappa shape index (κ3) is 7.05. The Balaban J connectivity index is 1.32. The molecule has 7 nitrogen and oxygen atoms in total. The van der Waals surface area contributed by atoms with Crippen LogP contribution in [0.3, 0.4) is 0 Å². The van der Waals surface area contributed by atoms with Gasteiger partial charge in [-0.2, -0.15) is 0 Å². The molecule has 37 heavy (non-hydrogen) atoms. The number of piperazine rings is 1. The second kappa shape index (κ2) is 12.5. The van der Waals surface area contributed by atoms with E-state index >= 15 is 0 Å². The zero-order valence-corrected chi connectivity index (χ0v) is 22.9. The molecule has 3 aromatic rings. The summed E-state index contributed by atoms with van der Waals surface area (Å²) in [6, 6.07) is 18.5. The van der Waals surface area contributed by atoms with Crippen LogP contribution >= 0.6 is 35.4 Å². The predicted molar refractivity (Wildman–Crippen MR) is 154 cm³/mol. The monoisotopic (exact) mass is 558 g/mol. The van der Waals surface area contributed by atoms with Crippen LogP contribution in [0, 0.1) is 0 Å². The fourth-order valence-electron chi connectivity index (χ4n) is 4.13. The highest BCUT2D eigenvalue weighted by atomic mass is 35.5. The highest BCUT2D eigenvalue weighted by molar-refractivity contribution is 7.80. The molecule has 2 N–H and O–H groups in total. The molecule has 0 atom stereocenters. The molecule has 0 aromatic heterocycles. The van der Waals surface area contributed by atoms with Crippen molar-refractivity contribution in [2.75, 3.05) is 50.6 Å². The van der Waals surface area contributed by atoms with Crippen molar-refractivity contribution in [1.29, 1.82) is 0 Å². The molecule has 10 heteroatoms. The number of halogens is 2. The van der Waals surface area contributed by atoms with Gasteiger partial charge >= 0.3 is 0 Å². The molecule has 1 aliphatic heterocycles. The molecule has 0 radical (unpaired) electrons. The number of benzene rings is 3. The van der Waals surface area contributed by atoms with E-state index in [0.717, 1.165) is 49.0 Å². The van der Waals surface area contributed by atoms with Crippen LogP contribution in [0.5, 0.6) is 11.5 Å². The Morgan fingerprint density at radius 3 is 2.22 bits per heavy atom. The Morgan fingerprint density at radius 2 is 1.59 bits per heavy atom. The van der Waals surface area contributed by atoms with E-state index in [9.17, 15) is 4.79 Å². The molecule has 1 aliphatic rings. The SMILES string of the molecule is COc1cc(OC)cc(C(=O)NC(=S)Nc2ccc(N3CCN(Cc4ccccc4Cl)CC3)c(Cl)c2)c1. The largest absolute Gasteiger partial charge is 0.497 e. The molecule has 0 aliphatic carbocycles. The normalized spacial score (nSPS) is 13.7. The zero-order chi connectivity index (χ0) is 26.4. The summed E-state index contributed by atoms with van der Waals surface area (Å²) in [6.07, 6.45) is 0. The number of rotatable bonds is 7. The van der Waals surface area contributed by atoms with Gasteiger partial charge in [0.15, 0.2) is 5.11 Å². The van der Waals surface area contributed by atoms with Gasteiger partial charge in [0, 0.05) is 55.1 Å². The molecule has 0 bridgehead atoms. The molecule has 0 spiro atoms. The number of anilines is 2. The van der Waals surface area contributed by atoms with E-state index in [2.05, 4.69) is 26.5 Å². The van der Waals surface area contributed by atoms with E-state index in [-0.39, 0.29) is 11.0 Å². The van der Waals surface area contributed by atoms with Crippen molar-refractivity contribution in [3.8, 4) is 11.5 Å². The van der Waals surface area contributed by atoms with Gasteiger partial charge < -0.3 is 19.7 Å². The minimum atomic E-state index is -0.382. The van der Waals surface area contributed by atoms with Crippen LogP contribution in [-0.2, 0) is 6.54 Å². The van der Waals surface area contributed by atoms with Gasteiger partial charge in [0.05, 0.1) is 24.9 Å². The van der Waals surface area contributed by atoms with Crippen molar-refractivity contribution in [2.45, 2.75) is 6.54 Å². The average Bonchev–Trinajstić information content (AvgIpc) is 2.90. The lowest BCUT2D eigenvalue weighted by Crippen LogP contribution is -2.46. The molecule has 1 heterocycles. The van der Waals surface area contributed by atoms with E-state index in [4.69, 9.17) is 44.9 Å². The molecule has 4 rings (SSSR count). The summed E-state index contributed by atoms with van der Waals surface area (Å²) in [5.41, 5.74) is 3.14. The second-order valence-corrected chi connectivity index (χ2v) is 9.75. The average molecular weight is 560 g/mol. The van der Waals surface area contributed by atoms with Crippen molar-refractivity contribution in [1.82, 2.24) is 10.2 Å². The van der Waals surface area contributed by atoms with Crippen LogP contribution in [0.1, 0.15) is 15.9 Å². The van der Waals surface area contributed by atoms with Crippen molar-refractivity contribution in [2.24, 2.45) is 0 Å². The van der Waals surface area contributed by atoms with Crippen LogP contribution in [-0.4, -0.2) is 56.3 Å². The van der Waals surface area contributed by atoms with Crippen LogP contribution in [0.15, 0.2) is 60.7 Å². The third-order valence-corrected chi connectivity index (χ3v) is 6.99. The van der Waals surface area contributed by atoms with Crippen molar-refractivity contribution in [3.63, 3.8) is 0 Å². The van der Waals surface area contributed by atoms with E-state index in [0.29, 0.717) is 27.8 Å². The van der Waals surface area contributed by atoms with Crippen LogP contribution in [0.2, 0.25) is 10.0 Å². The summed E-state index contributed by atoms with van der Waals surface area (Å²) in [4.78, 5) is 17.3. The number of hydrogen-bond acceptors (Lipinski definition) is 6. The van der Waals surface area contributed by atoms with E-state index < -0.39 is 0 Å². The minimum Gasteiger partial charge on any atom is -0.497 e. The Hall–Kier alpha value is -3.04. The smallest absolute Gasteiger partial charge is 0.257 e. The lowest BCUT2D eigenvalue weighted by molar-refractivity contribution is 0.0977. The van der Waals surface area contributed by atoms with Crippen LogP contribution in [0.4, 0.5) is 11.4 Å². The number of carbonyl (C=O) groups excluding carboxylic acids is 1. The number of methoxy groups -OCH3 is 2. The highest BCUT2D eigenvalue weighted by Gasteiger charge is 2.20. The Kier molecular flexibility index (Phi) is 9.10. The van der Waals surface area contributed by atoms with E-state index in [1.54, 1.807) is 24.3 Å². The van der Waals surface area contributed by atoms with Crippen molar-refractivity contribution >= 4 is 57.8 Å². The van der Waals surface area contributed by atoms with Gasteiger partial charge in [-0.25, -0.2) is 0 Å². The predicted octanol–water partition coefficient (Wildman–Crippen LogP) is 5.46. The summed E-state index contributed by atoms with van der Waals surface area (Å²) in [6.45, 7) is 4.36. The van der Waals surface area contributed by atoms with Crippen molar-refractivity contribution < 1.29 is 14.3 Å². The maximum Gasteiger partial charge on any atom is 0.257 e. The topological polar surface area (TPSA) is 66.1 Å². The lowest BCUT2D eigenvalue weighted by atomic mass is 10.2. The number of hydrogen-bond donors (Lipinski definition) is 2. The first kappa shape index (κ1) is 27.0. The quantitative estimate of drug-likeness (QED) is 0.373. The van der Waals surface area contributed by atoms with Gasteiger partial charge in [-0.3, -0.25) is 15.0 Å². The van der Waals surface area contributed by atoms with E-state index in [1.807, 2.05) is 30.3 Å². The molecule has 3 aromatic carbocycles. The standard InChI is InChI=1S/C27H28Cl2N4O3S/c1-35-21-13-19(14-22(16-21)36-2)26(34)31-27(37)30-20-7-8-25(24(29)15-20)33-11-9-32(10-12-33)17-18-5-3-4-6-23(18)28/h3-8,13-16H,9-12,17H2,1-2H3,(H2,30,31,34,37). The molecule has 0 saturated carbocycles. The third-order valence-electron chi connectivity index (χ3n) is 6.11. The van der Waals surface area contributed by atoms with Gasteiger partial charge in [-0.05, 0) is 54.2 Å². The Morgan fingerprint density at radius 1 is 0.919 bits per heavy atom. The van der Waals surface area contributed by atoms with Crippen LogP contribution < -0.4 is 25.0 Å². The summed E-state index contributed by atoms with van der Waals surface area (Å²) >= 11 is 18.3. The number of ether oxygens (including phenoxy) is 2. The van der Waals surface area contributed by atoms with Gasteiger partial charge in [0.2, 0.25) is 0 Å². The van der Waals surface area contributed by atoms with Gasteiger partial charge in [-0.1, -0.05) is 41.4 Å². The van der Waals surface area contributed by atoms with Crippen LogP contribution in [0.25, 0.3) is 0 Å². The fourth-order valence-corrected chi connectivity index (χ4v) is 4.84. The van der Waals surface area contributed by atoms with Gasteiger partial charge in [0.25, 0.3) is 5.91 Å². The lowest BCUT2D eigenvalue weighted by Gasteiger charge is -2.36. The number of nitrogens with one attached hydrogen (secondary N) is 2.